The third-order valence-corrected chi connectivity index (χ3v) is 2.81. The van der Waals surface area contributed by atoms with Gasteiger partial charge in [0.15, 0.2) is 0 Å². The number of carbonyl (C=O) groups is 1. The number of esters is 1. The summed E-state index contributed by atoms with van der Waals surface area (Å²) < 4.78 is 5.10. The minimum atomic E-state index is -0.683. The van der Waals surface area contributed by atoms with Crippen molar-refractivity contribution >= 4 is 5.97 Å². The van der Waals surface area contributed by atoms with Crippen molar-refractivity contribution in [1.29, 1.82) is 0 Å². The number of rotatable bonds is 2. The number of benzene rings is 1. The molecule has 3 nitrogen and oxygen atoms in total. The summed E-state index contributed by atoms with van der Waals surface area (Å²) in [4.78, 5) is 11.2. The van der Waals surface area contributed by atoms with E-state index < -0.39 is 18.1 Å². The number of hydrogen-bond donors (Lipinski definition) is 1. The maximum atomic E-state index is 11.2. The van der Waals surface area contributed by atoms with Crippen molar-refractivity contribution in [1.82, 2.24) is 0 Å². The number of aliphatic hydroxyl groups is 1. The standard InChI is InChI=1S/C12H14O3/c1-8-11(13)10(15-12(8)14)7-9-5-3-2-4-6-9/h2-6,8,10-11,13H,7H2,1H3/t8-,10+,11+/m1/s1. The van der Waals surface area contributed by atoms with Crippen LogP contribution in [0.15, 0.2) is 30.3 Å². The molecule has 80 valence electrons. The molecule has 0 saturated carbocycles. The van der Waals surface area contributed by atoms with E-state index in [1.807, 2.05) is 30.3 Å². The molecule has 2 rings (SSSR count). The van der Waals surface area contributed by atoms with Crippen LogP contribution < -0.4 is 0 Å². The molecule has 0 amide bonds. The SMILES string of the molecule is C[C@H]1C(=O)O[C@@H](Cc2ccccc2)[C@H]1O. The van der Waals surface area contributed by atoms with Crippen molar-refractivity contribution in [3.05, 3.63) is 35.9 Å². The lowest BCUT2D eigenvalue weighted by molar-refractivity contribution is -0.143. The Balaban J connectivity index is 2.05. The molecule has 3 atom stereocenters. The highest BCUT2D eigenvalue weighted by molar-refractivity contribution is 5.75. The fraction of sp³-hybridized carbons (Fsp3) is 0.417. The van der Waals surface area contributed by atoms with Crippen LogP contribution in [0.25, 0.3) is 0 Å². The fourth-order valence-corrected chi connectivity index (χ4v) is 1.80. The topological polar surface area (TPSA) is 46.5 Å². The van der Waals surface area contributed by atoms with Crippen LogP contribution >= 0.6 is 0 Å². The minimum absolute atomic E-state index is 0.302. The maximum Gasteiger partial charge on any atom is 0.311 e. The van der Waals surface area contributed by atoms with Crippen molar-refractivity contribution < 1.29 is 14.6 Å². The van der Waals surface area contributed by atoms with E-state index in [1.54, 1.807) is 6.92 Å². The summed E-state index contributed by atoms with van der Waals surface area (Å²) in [5.74, 6) is -0.706. The molecule has 1 fully saturated rings. The van der Waals surface area contributed by atoms with E-state index in [1.165, 1.54) is 0 Å². The second-order valence-corrected chi connectivity index (χ2v) is 3.94. The van der Waals surface area contributed by atoms with E-state index in [2.05, 4.69) is 0 Å². The van der Waals surface area contributed by atoms with E-state index in [-0.39, 0.29) is 5.97 Å². The van der Waals surface area contributed by atoms with Gasteiger partial charge in [-0.1, -0.05) is 30.3 Å². The largest absolute Gasteiger partial charge is 0.459 e. The Bertz CT molecular complexity index is 347. The lowest BCUT2D eigenvalue weighted by atomic mass is 9.98. The molecule has 1 aromatic carbocycles. The highest BCUT2D eigenvalue weighted by atomic mass is 16.6. The zero-order chi connectivity index (χ0) is 10.8. The minimum Gasteiger partial charge on any atom is -0.459 e. The van der Waals surface area contributed by atoms with Crippen LogP contribution in [0.1, 0.15) is 12.5 Å². The number of carbonyl (C=O) groups excluding carboxylic acids is 1. The van der Waals surface area contributed by atoms with Gasteiger partial charge < -0.3 is 9.84 Å². The molecule has 0 unspecified atom stereocenters. The Morgan fingerprint density at radius 3 is 2.53 bits per heavy atom. The first-order valence-corrected chi connectivity index (χ1v) is 5.11. The molecule has 1 aliphatic heterocycles. The molecular weight excluding hydrogens is 192 g/mol. The van der Waals surface area contributed by atoms with Gasteiger partial charge in [-0.2, -0.15) is 0 Å². The van der Waals surface area contributed by atoms with Crippen LogP contribution in [0.4, 0.5) is 0 Å². The molecule has 1 aromatic rings. The van der Waals surface area contributed by atoms with Crippen molar-refractivity contribution in [3.8, 4) is 0 Å². The molecule has 0 aromatic heterocycles. The molecule has 0 bridgehead atoms. The van der Waals surface area contributed by atoms with Crippen LogP contribution in [-0.2, 0) is 16.0 Å². The van der Waals surface area contributed by atoms with Crippen LogP contribution in [0, 0.1) is 5.92 Å². The quantitative estimate of drug-likeness (QED) is 0.738. The number of hydrogen-bond acceptors (Lipinski definition) is 3. The van der Waals surface area contributed by atoms with Gasteiger partial charge in [-0.3, -0.25) is 4.79 Å². The molecule has 1 N–H and O–H groups in total. The summed E-state index contributed by atoms with van der Waals surface area (Å²) in [5.41, 5.74) is 1.07. The predicted octanol–water partition coefficient (Wildman–Crippen LogP) is 1.15. The van der Waals surface area contributed by atoms with E-state index >= 15 is 0 Å². The third-order valence-electron chi connectivity index (χ3n) is 2.81. The van der Waals surface area contributed by atoms with Gasteiger partial charge in [0.05, 0.1) is 5.92 Å². The Morgan fingerprint density at radius 2 is 2.00 bits per heavy atom. The van der Waals surface area contributed by atoms with Gasteiger partial charge in [0.2, 0.25) is 0 Å². The molecule has 0 radical (unpaired) electrons. The van der Waals surface area contributed by atoms with Crippen molar-refractivity contribution in [2.75, 3.05) is 0 Å². The summed E-state index contributed by atoms with van der Waals surface area (Å²) in [7, 11) is 0. The Hall–Kier alpha value is -1.35. The van der Waals surface area contributed by atoms with Crippen LogP contribution in [0.3, 0.4) is 0 Å². The van der Waals surface area contributed by atoms with Gasteiger partial charge in [0.25, 0.3) is 0 Å². The number of ether oxygens (including phenoxy) is 1. The zero-order valence-electron chi connectivity index (χ0n) is 8.59. The van der Waals surface area contributed by atoms with E-state index in [0.717, 1.165) is 5.56 Å². The highest BCUT2D eigenvalue weighted by Gasteiger charge is 2.40. The Morgan fingerprint density at radius 1 is 1.33 bits per heavy atom. The normalized spacial score (nSPS) is 30.3. The monoisotopic (exact) mass is 206 g/mol. The molecular formula is C12H14O3. The second kappa shape index (κ2) is 4.03. The van der Waals surface area contributed by atoms with E-state index in [4.69, 9.17) is 4.74 Å². The first-order valence-electron chi connectivity index (χ1n) is 5.11. The van der Waals surface area contributed by atoms with Gasteiger partial charge in [-0.15, -0.1) is 0 Å². The van der Waals surface area contributed by atoms with Crippen LogP contribution in [-0.4, -0.2) is 23.3 Å². The highest BCUT2D eigenvalue weighted by Crippen LogP contribution is 2.24. The van der Waals surface area contributed by atoms with E-state index in [0.29, 0.717) is 6.42 Å². The number of cyclic esters (lactones) is 1. The van der Waals surface area contributed by atoms with Gasteiger partial charge in [0, 0.05) is 6.42 Å². The van der Waals surface area contributed by atoms with Crippen molar-refractivity contribution in [2.45, 2.75) is 25.6 Å². The summed E-state index contributed by atoms with van der Waals surface area (Å²) in [6.07, 6.45) is -0.495. The summed E-state index contributed by atoms with van der Waals surface area (Å²) in [5, 5.41) is 9.74. The first-order chi connectivity index (χ1) is 7.18. The van der Waals surface area contributed by atoms with E-state index in [9.17, 15) is 9.90 Å². The fourth-order valence-electron chi connectivity index (χ4n) is 1.80. The number of aliphatic hydroxyl groups excluding tert-OH is 1. The lowest BCUT2D eigenvalue weighted by Crippen LogP contribution is -2.26. The third kappa shape index (κ3) is 2.02. The van der Waals surface area contributed by atoms with Gasteiger partial charge in [-0.05, 0) is 12.5 Å². The van der Waals surface area contributed by atoms with Crippen molar-refractivity contribution in [3.63, 3.8) is 0 Å². The molecule has 1 aliphatic rings. The predicted molar refractivity (Wildman–Crippen MR) is 55.2 cm³/mol. The smallest absolute Gasteiger partial charge is 0.311 e. The lowest BCUT2D eigenvalue weighted by Gasteiger charge is -2.13. The van der Waals surface area contributed by atoms with Gasteiger partial charge >= 0.3 is 5.97 Å². The molecule has 15 heavy (non-hydrogen) atoms. The summed E-state index contributed by atoms with van der Waals surface area (Å²) in [6, 6.07) is 9.72. The maximum absolute atomic E-state index is 11.2. The Labute approximate surface area is 88.7 Å². The molecule has 1 saturated heterocycles. The van der Waals surface area contributed by atoms with Crippen LogP contribution in [0.2, 0.25) is 0 Å². The van der Waals surface area contributed by atoms with Crippen molar-refractivity contribution in [2.24, 2.45) is 5.92 Å². The Kier molecular flexibility index (Phi) is 2.73. The van der Waals surface area contributed by atoms with Gasteiger partial charge in [0.1, 0.15) is 12.2 Å². The average Bonchev–Trinajstić information content (AvgIpc) is 2.48. The summed E-state index contributed by atoms with van der Waals surface area (Å²) in [6.45, 7) is 1.69. The molecule has 1 heterocycles. The first kappa shape index (κ1) is 10.2. The average molecular weight is 206 g/mol. The molecule has 0 aliphatic carbocycles. The van der Waals surface area contributed by atoms with Gasteiger partial charge in [-0.25, -0.2) is 0 Å². The zero-order valence-corrected chi connectivity index (χ0v) is 8.59. The molecule has 3 heteroatoms. The second-order valence-electron chi connectivity index (χ2n) is 3.94. The molecule has 0 spiro atoms. The summed E-state index contributed by atoms with van der Waals surface area (Å²) >= 11 is 0. The van der Waals surface area contributed by atoms with Crippen LogP contribution in [0.5, 0.6) is 0 Å².